The Morgan fingerprint density at radius 1 is 1.19 bits per heavy atom. The molecule has 0 bridgehead atoms. The number of rotatable bonds is 7. The maximum Gasteiger partial charge on any atom is 0.162 e. The number of piperidine rings is 1. The zero-order valence-corrected chi connectivity index (χ0v) is 13.5. The van der Waals surface area contributed by atoms with E-state index in [1.165, 1.54) is 38.9 Å². The molecule has 1 saturated heterocycles. The summed E-state index contributed by atoms with van der Waals surface area (Å²) in [7, 11) is 1.69. The minimum atomic E-state index is 0.556. The van der Waals surface area contributed by atoms with Crippen molar-refractivity contribution in [3.63, 3.8) is 0 Å². The lowest BCUT2D eigenvalue weighted by Gasteiger charge is -2.32. The Morgan fingerprint density at radius 3 is 2.57 bits per heavy atom. The molecule has 1 heterocycles. The first-order valence-corrected chi connectivity index (χ1v) is 8.06. The monoisotopic (exact) mass is 292 g/mol. The van der Waals surface area contributed by atoms with Crippen LogP contribution in [0.25, 0.3) is 0 Å². The van der Waals surface area contributed by atoms with Gasteiger partial charge >= 0.3 is 0 Å². The summed E-state index contributed by atoms with van der Waals surface area (Å²) in [5.41, 5.74) is 1.12. The van der Waals surface area contributed by atoms with E-state index in [1.807, 2.05) is 19.1 Å². The molecule has 0 spiro atoms. The lowest BCUT2D eigenvalue weighted by atomic mass is 10.0. The summed E-state index contributed by atoms with van der Waals surface area (Å²) >= 11 is 0. The maximum absolute atomic E-state index is 5.55. The van der Waals surface area contributed by atoms with Crippen molar-refractivity contribution in [2.24, 2.45) is 0 Å². The van der Waals surface area contributed by atoms with Crippen LogP contribution in [0.15, 0.2) is 18.2 Å². The van der Waals surface area contributed by atoms with Crippen LogP contribution in [0.4, 0.5) is 5.69 Å². The summed E-state index contributed by atoms with van der Waals surface area (Å²) in [6.07, 6.45) is 3.65. The van der Waals surface area contributed by atoms with Crippen molar-refractivity contribution in [3.8, 4) is 11.5 Å². The Hall–Kier alpha value is -1.42. The van der Waals surface area contributed by atoms with E-state index in [9.17, 15) is 0 Å². The van der Waals surface area contributed by atoms with Gasteiger partial charge in [0.05, 0.1) is 13.7 Å². The quantitative estimate of drug-likeness (QED) is 0.835. The van der Waals surface area contributed by atoms with Gasteiger partial charge in [-0.15, -0.1) is 0 Å². The third kappa shape index (κ3) is 4.53. The molecule has 0 atom stereocenters. The van der Waals surface area contributed by atoms with E-state index in [0.717, 1.165) is 17.2 Å². The number of anilines is 1. The maximum atomic E-state index is 5.55. The van der Waals surface area contributed by atoms with Gasteiger partial charge in [-0.2, -0.15) is 0 Å². The third-order valence-corrected chi connectivity index (χ3v) is 3.96. The fraction of sp³-hybridized carbons (Fsp3) is 0.647. The van der Waals surface area contributed by atoms with Gasteiger partial charge in [-0.25, -0.2) is 0 Å². The van der Waals surface area contributed by atoms with Crippen LogP contribution in [-0.4, -0.2) is 44.3 Å². The summed E-state index contributed by atoms with van der Waals surface area (Å²) in [4.78, 5) is 2.55. The molecule has 118 valence electrons. The second-order valence-corrected chi connectivity index (χ2v) is 5.56. The van der Waals surface area contributed by atoms with Gasteiger partial charge in [0.15, 0.2) is 11.5 Å². The summed E-state index contributed by atoms with van der Waals surface area (Å²) in [5.74, 6) is 1.61. The molecule has 1 aliphatic rings. The highest BCUT2D eigenvalue weighted by Crippen LogP contribution is 2.31. The van der Waals surface area contributed by atoms with Crippen molar-refractivity contribution in [2.75, 3.05) is 38.7 Å². The van der Waals surface area contributed by atoms with E-state index in [2.05, 4.69) is 23.2 Å². The highest BCUT2D eigenvalue weighted by Gasteiger charge is 2.18. The number of nitrogens with one attached hydrogen (secondary N) is 1. The molecule has 2 rings (SSSR count). The Morgan fingerprint density at radius 2 is 1.95 bits per heavy atom. The predicted octanol–water partition coefficient (Wildman–Crippen LogP) is 3.38. The van der Waals surface area contributed by atoms with Crippen LogP contribution in [-0.2, 0) is 0 Å². The van der Waals surface area contributed by atoms with Gasteiger partial charge in [0, 0.05) is 30.9 Å². The number of benzene rings is 1. The summed E-state index contributed by atoms with van der Waals surface area (Å²) in [6, 6.07) is 6.65. The molecule has 1 aromatic carbocycles. The van der Waals surface area contributed by atoms with Crippen LogP contribution >= 0.6 is 0 Å². The van der Waals surface area contributed by atoms with Crippen molar-refractivity contribution >= 4 is 5.69 Å². The van der Waals surface area contributed by atoms with Crippen LogP contribution < -0.4 is 14.8 Å². The lowest BCUT2D eigenvalue weighted by molar-refractivity contribution is 0.219. The number of hydrogen-bond donors (Lipinski definition) is 1. The summed E-state index contributed by atoms with van der Waals surface area (Å²) in [6.45, 7) is 8.49. The van der Waals surface area contributed by atoms with E-state index in [1.54, 1.807) is 7.11 Å². The van der Waals surface area contributed by atoms with Crippen LogP contribution in [0.1, 0.15) is 33.1 Å². The van der Waals surface area contributed by atoms with Crippen molar-refractivity contribution in [2.45, 2.75) is 39.2 Å². The van der Waals surface area contributed by atoms with Crippen LogP contribution in [0.2, 0.25) is 0 Å². The average Bonchev–Trinajstić information content (AvgIpc) is 2.51. The minimum Gasteiger partial charge on any atom is -0.493 e. The van der Waals surface area contributed by atoms with E-state index < -0.39 is 0 Å². The molecule has 0 radical (unpaired) electrons. The molecular weight excluding hydrogens is 264 g/mol. The fourth-order valence-corrected chi connectivity index (χ4v) is 2.88. The standard InChI is InChI=1S/C17H28N2O2/c1-4-10-19-11-8-14(9-12-19)18-15-6-7-16(21-5-2)17(13-15)20-3/h6-7,13-14,18H,4-5,8-12H2,1-3H3. The second-order valence-electron chi connectivity index (χ2n) is 5.56. The Labute approximate surface area is 128 Å². The number of likely N-dealkylation sites (tertiary alicyclic amines) is 1. The SMILES string of the molecule is CCCN1CCC(Nc2ccc(OCC)c(OC)c2)CC1. The van der Waals surface area contributed by atoms with E-state index in [4.69, 9.17) is 9.47 Å². The summed E-state index contributed by atoms with van der Waals surface area (Å²) < 4.78 is 11.0. The average molecular weight is 292 g/mol. The first-order valence-electron chi connectivity index (χ1n) is 8.06. The van der Waals surface area contributed by atoms with Crippen LogP contribution in [0.5, 0.6) is 11.5 Å². The van der Waals surface area contributed by atoms with Crippen LogP contribution in [0.3, 0.4) is 0 Å². The van der Waals surface area contributed by atoms with Gasteiger partial charge in [-0.05, 0) is 44.9 Å². The molecule has 4 heteroatoms. The van der Waals surface area contributed by atoms with E-state index in [0.29, 0.717) is 12.6 Å². The van der Waals surface area contributed by atoms with E-state index in [-0.39, 0.29) is 0 Å². The molecular formula is C17H28N2O2. The molecule has 0 aliphatic carbocycles. The molecule has 1 aliphatic heterocycles. The first-order chi connectivity index (χ1) is 10.3. The summed E-state index contributed by atoms with van der Waals surface area (Å²) in [5, 5.41) is 3.63. The molecule has 4 nitrogen and oxygen atoms in total. The first kappa shape index (κ1) is 16.0. The van der Waals surface area contributed by atoms with Crippen molar-refractivity contribution in [3.05, 3.63) is 18.2 Å². The van der Waals surface area contributed by atoms with Gasteiger partial charge in [0.25, 0.3) is 0 Å². The Bertz CT molecular complexity index is 429. The molecule has 0 saturated carbocycles. The number of nitrogens with zero attached hydrogens (tertiary/aromatic N) is 1. The topological polar surface area (TPSA) is 33.7 Å². The normalized spacial score (nSPS) is 16.7. The van der Waals surface area contributed by atoms with Crippen molar-refractivity contribution in [1.82, 2.24) is 4.90 Å². The fourth-order valence-electron chi connectivity index (χ4n) is 2.88. The highest BCUT2D eigenvalue weighted by molar-refractivity contribution is 5.55. The van der Waals surface area contributed by atoms with Gasteiger partial charge in [-0.1, -0.05) is 6.92 Å². The zero-order chi connectivity index (χ0) is 15.1. The van der Waals surface area contributed by atoms with E-state index >= 15 is 0 Å². The Balaban J connectivity index is 1.91. The highest BCUT2D eigenvalue weighted by atomic mass is 16.5. The third-order valence-electron chi connectivity index (χ3n) is 3.96. The van der Waals surface area contributed by atoms with Crippen molar-refractivity contribution in [1.29, 1.82) is 0 Å². The minimum absolute atomic E-state index is 0.556. The van der Waals surface area contributed by atoms with Gasteiger partial charge < -0.3 is 19.7 Å². The molecule has 21 heavy (non-hydrogen) atoms. The molecule has 1 N–H and O–H groups in total. The zero-order valence-electron chi connectivity index (χ0n) is 13.5. The molecule has 1 fully saturated rings. The van der Waals surface area contributed by atoms with Gasteiger partial charge in [-0.3, -0.25) is 0 Å². The largest absolute Gasteiger partial charge is 0.493 e. The smallest absolute Gasteiger partial charge is 0.162 e. The number of hydrogen-bond acceptors (Lipinski definition) is 4. The lowest BCUT2D eigenvalue weighted by Crippen LogP contribution is -2.39. The number of ether oxygens (including phenoxy) is 2. The number of methoxy groups -OCH3 is 1. The van der Waals surface area contributed by atoms with Gasteiger partial charge in [0.2, 0.25) is 0 Å². The molecule has 1 aromatic rings. The molecule has 0 aromatic heterocycles. The predicted molar refractivity (Wildman–Crippen MR) is 87.5 cm³/mol. The van der Waals surface area contributed by atoms with Crippen LogP contribution in [0, 0.1) is 0 Å². The molecule has 0 unspecified atom stereocenters. The second kappa shape index (κ2) is 8.13. The van der Waals surface area contributed by atoms with Gasteiger partial charge in [0.1, 0.15) is 0 Å². The van der Waals surface area contributed by atoms with Crippen molar-refractivity contribution < 1.29 is 9.47 Å². The molecule has 0 amide bonds. The Kier molecular flexibility index (Phi) is 6.18.